The minimum atomic E-state index is -4.67. The van der Waals surface area contributed by atoms with Crippen molar-refractivity contribution in [1.82, 2.24) is 0 Å². The van der Waals surface area contributed by atoms with Crippen molar-refractivity contribution in [3.8, 4) is 0 Å². The Kier molecular flexibility index (Phi) is 6.13. The van der Waals surface area contributed by atoms with Crippen molar-refractivity contribution in [2.24, 2.45) is 0 Å². The number of carbonyl (C=O) groups excluding carboxylic acids is 2. The van der Waals surface area contributed by atoms with Crippen LogP contribution in [0.5, 0.6) is 0 Å². The molecule has 0 saturated carbocycles. The zero-order valence-electron chi connectivity index (χ0n) is 9.10. The summed E-state index contributed by atoms with van der Waals surface area (Å²) in [7, 11) is -3.67. The van der Waals surface area contributed by atoms with Gasteiger partial charge in [0.2, 0.25) is 0 Å². The summed E-state index contributed by atoms with van der Waals surface area (Å²) in [5.41, 5.74) is 0.718. The van der Waals surface area contributed by atoms with Gasteiger partial charge >= 0.3 is 22.3 Å². The minimum Gasteiger partial charge on any atom is -0.400 e. The van der Waals surface area contributed by atoms with Crippen molar-refractivity contribution >= 4 is 22.3 Å². The second-order valence-electron chi connectivity index (χ2n) is 2.67. The molecule has 1 aliphatic heterocycles. The van der Waals surface area contributed by atoms with Crippen LogP contribution in [0, 0.1) is 0 Å². The lowest BCUT2D eigenvalue weighted by atomic mass is 10.1. The SMILES string of the molecule is CO.O=C1OC(=O)c2ccccc21.O=S(=O)(O)O. The number of fused-ring (bicyclic) bond motifs is 1. The summed E-state index contributed by atoms with van der Waals surface area (Å²) >= 11 is 0. The van der Waals surface area contributed by atoms with E-state index in [-0.39, 0.29) is 0 Å². The smallest absolute Gasteiger partial charge is 0.394 e. The Labute approximate surface area is 102 Å². The Hall–Kier alpha value is -1.81. The molecule has 0 saturated heterocycles. The molecule has 18 heavy (non-hydrogen) atoms. The van der Waals surface area contributed by atoms with Crippen molar-refractivity contribution in [2.75, 3.05) is 7.11 Å². The fourth-order valence-corrected chi connectivity index (χ4v) is 1.03. The number of cyclic esters (lactones) is 2. The number of carbonyl (C=O) groups is 2. The lowest BCUT2D eigenvalue weighted by molar-refractivity contribution is 0.0443. The molecule has 0 fully saturated rings. The molecule has 0 aromatic heterocycles. The second kappa shape index (κ2) is 6.81. The summed E-state index contributed by atoms with van der Waals surface area (Å²) in [6, 6.07) is 6.53. The summed E-state index contributed by atoms with van der Waals surface area (Å²) in [5, 5.41) is 7.00. The van der Waals surface area contributed by atoms with Gasteiger partial charge in [0.05, 0.1) is 11.1 Å². The molecule has 1 aromatic carbocycles. The minimum absolute atomic E-state index is 0.359. The van der Waals surface area contributed by atoms with E-state index in [0.29, 0.717) is 11.1 Å². The third kappa shape index (κ3) is 5.50. The molecule has 0 spiro atoms. The van der Waals surface area contributed by atoms with E-state index in [2.05, 4.69) is 4.74 Å². The largest absolute Gasteiger partial charge is 0.400 e. The van der Waals surface area contributed by atoms with E-state index in [0.717, 1.165) is 7.11 Å². The normalized spacial score (nSPS) is 12.4. The number of benzene rings is 1. The quantitative estimate of drug-likeness (QED) is 0.341. The van der Waals surface area contributed by atoms with Gasteiger partial charge in [0, 0.05) is 7.11 Å². The average molecular weight is 278 g/mol. The molecule has 1 heterocycles. The molecule has 0 atom stereocenters. The molecule has 0 amide bonds. The van der Waals surface area contributed by atoms with Crippen LogP contribution in [0.25, 0.3) is 0 Å². The second-order valence-corrected chi connectivity index (χ2v) is 3.57. The van der Waals surface area contributed by atoms with Gasteiger partial charge < -0.3 is 9.84 Å². The van der Waals surface area contributed by atoms with Crippen LogP contribution in [-0.2, 0) is 15.1 Å². The van der Waals surface area contributed by atoms with E-state index in [9.17, 15) is 9.59 Å². The van der Waals surface area contributed by atoms with Crippen LogP contribution in [0.2, 0.25) is 0 Å². The highest BCUT2D eigenvalue weighted by Gasteiger charge is 2.28. The van der Waals surface area contributed by atoms with Gasteiger partial charge in [0.15, 0.2) is 0 Å². The molecular formula is C9H10O8S. The molecule has 8 nitrogen and oxygen atoms in total. The molecule has 0 bridgehead atoms. The van der Waals surface area contributed by atoms with Crippen LogP contribution in [0.1, 0.15) is 20.7 Å². The third-order valence-electron chi connectivity index (χ3n) is 1.55. The first-order valence-electron chi connectivity index (χ1n) is 4.29. The van der Waals surface area contributed by atoms with E-state index < -0.39 is 22.3 Å². The van der Waals surface area contributed by atoms with Gasteiger partial charge in [-0.2, -0.15) is 8.42 Å². The molecule has 2 rings (SSSR count). The molecule has 0 unspecified atom stereocenters. The lowest BCUT2D eigenvalue weighted by Gasteiger charge is -1.86. The Morgan fingerprint density at radius 2 is 1.22 bits per heavy atom. The van der Waals surface area contributed by atoms with Crippen LogP contribution in [0.4, 0.5) is 0 Å². The molecule has 0 aliphatic carbocycles. The Morgan fingerprint density at radius 3 is 1.50 bits per heavy atom. The summed E-state index contributed by atoms with van der Waals surface area (Å²) in [4.78, 5) is 21.7. The highest BCUT2D eigenvalue weighted by molar-refractivity contribution is 7.79. The number of ether oxygens (including phenoxy) is 1. The van der Waals surface area contributed by atoms with Crippen molar-refractivity contribution in [1.29, 1.82) is 0 Å². The molecule has 9 heteroatoms. The van der Waals surface area contributed by atoms with Crippen LogP contribution in [0.15, 0.2) is 24.3 Å². The standard InChI is InChI=1S/C8H4O3.CH4O.H2O4S/c9-7-5-3-1-2-4-6(5)8(10)11-7;1-2;1-5(2,3)4/h1-4H;2H,1H3;(H2,1,2,3,4). The maximum atomic E-state index is 10.8. The summed E-state index contributed by atoms with van der Waals surface area (Å²) in [5.74, 6) is -1.10. The topological polar surface area (TPSA) is 138 Å². The van der Waals surface area contributed by atoms with E-state index >= 15 is 0 Å². The first-order chi connectivity index (χ1) is 8.29. The first-order valence-corrected chi connectivity index (χ1v) is 5.69. The average Bonchev–Trinajstić information content (AvgIpc) is 2.56. The van der Waals surface area contributed by atoms with Gasteiger partial charge in [-0.1, -0.05) is 12.1 Å². The van der Waals surface area contributed by atoms with Crippen LogP contribution < -0.4 is 0 Å². The molecule has 1 aliphatic rings. The maximum Gasteiger partial charge on any atom is 0.394 e. The van der Waals surface area contributed by atoms with Gasteiger partial charge in [0.25, 0.3) is 0 Å². The number of esters is 2. The highest BCUT2D eigenvalue weighted by Crippen LogP contribution is 2.18. The molecule has 1 aromatic rings. The Morgan fingerprint density at radius 1 is 0.944 bits per heavy atom. The van der Waals surface area contributed by atoms with E-state index in [1.165, 1.54) is 0 Å². The van der Waals surface area contributed by atoms with Gasteiger partial charge in [-0.25, -0.2) is 9.59 Å². The van der Waals surface area contributed by atoms with E-state index in [1.54, 1.807) is 24.3 Å². The molecule has 3 N–H and O–H groups in total. The Balaban J connectivity index is 0.000000354. The highest BCUT2D eigenvalue weighted by atomic mass is 32.3. The molecular weight excluding hydrogens is 268 g/mol. The third-order valence-corrected chi connectivity index (χ3v) is 1.55. The summed E-state index contributed by atoms with van der Waals surface area (Å²) in [6.45, 7) is 0. The zero-order valence-corrected chi connectivity index (χ0v) is 9.92. The number of aliphatic hydroxyl groups is 1. The van der Waals surface area contributed by atoms with Crippen molar-refractivity contribution in [3.63, 3.8) is 0 Å². The Bertz CT molecular complexity index is 492. The fourth-order valence-electron chi connectivity index (χ4n) is 1.03. The van der Waals surface area contributed by atoms with Gasteiger partial charge in [-0.3, -0.25) is 9.11 Å². The maximum absolute atomic E-state index is 10.8. The monoisotopic (exact) mass is 278 g/mol. The van der Waals surface area contributed by atoms with Crippen molar-refractivity contribution in [3.05, 3.63) is 35.4 Å². The molecule has 100 valence electrons. The molecule has 0 radical (unpaired) electrons. The zero-order chi connectivity index (χ0) is 14.3. The van der Waals surface area contributed by atoms with E-state index in [1.807, 2.05) is 0 Å². The predicted molar refractivity (Wildman–Crippen MR) is 58.5 cm³/mol. The van der Waals surface area contributed by atoms with Crippen molar-refractivity contribution in [2.45, 2.75) is 0 Å². The lowest BCUT2D eigenvalue weighted by Crippen LogP contribution is -1.96. The first kappa shape index (κ1) is 16.2. The van der Waals surface area contributed by atoms with Crippen LogP contribution >= 0.6 is 0 Å². The number of hydrogen-bond acceptors (Lipinski definition) is 6. The van der Waals surface area contributed by atoms with Crippen LogP contribution in [0.3, 0.4) is 0 Å². The fraction of sp³-hybridized carbons (Fsp3) is 0.111. The van der Waals surface area contributed by atoms with Crippen LogP contribution in [-0.4, -0.2) is 41.7 Å². The van der Waals surface area contributed by atoms with Gasteiger partial charge in [-0.05, 0) is 12.1 Å². The predicted octanol–water partition coefficient (Wildman–Crippen LogP) is -0.0471. The number of aliphatic hydroxyl groups excluding tert-OH is 1. The van der Waals surface area contributed by atoms with Gasteiger partial charge in [0.1, 0.15) is 0 Å². The van der Waals surface area contributed by atoms with Gasteiger partial charge in [-0.15, -0.1) is 0 Å². The van der Waals surface area contributed by atoms with E-state index in [4.69, 9.17) is 22.6 Å². The summed E-state index contributed by atoms with van der Waals surface area (Å²) in [6.07, 6.45) is 0. The number of rotatable bonds is 0. The van der Waals surface area contributed by atoms with Crippen molar-refractivity contribution < 1.29 is 37.0 Å². The number of hydrogen-bond donors (Lipinski definition) is 3. The summed E-state index contributed by atoms with van der Waals surface area (Å²) < 4.78 is 35.9.